The van der Waals surface area contributed by atoms with Crippen molar-refractivity contribution in [1.29, 1.82) is 0 Å². The minimum absolute atomic E-state index is 0.187. The van der Waals surface area contributed by atoms with Gasteiger partial charge in [0.1, 0.15) is 11.6 Å². The number of nitrogens with two attached hydrogens (primary N) is 1. The van der Waals surface area contributed by atoms with Gasteiger partial charge in [0.05, 0.1) is 0 Å². The van der Waals surface area contributed by atoms with Crippen LogP contribution in [0.3, 0.4) is 0 Å². The third kappa shape index (κ3) is 9.30. The fraction of sp³-hybridized carbons (Fsp3) is 0.846. The van der Waals surface area contributed by atoms with Gasteiger partial charge in [-0.1, -0.05) is 13.8 Å². The molecular formula is C13H26N2O4. The van der Waals surface area contributed by atoms with Crippen molar-refractivity contribution < 1.29 is 19.4 Å². The van der Waals surface area contributed by atoms with E-state index in [1.165, 1.54) is 0 Å². The summed E-state index contributed by atoms with van der Waals surface area (Å²) in [5, 5.41) is 11.5. The van der Waals surface area contributed by atoms with Crippen LogP contribution < -0.4 is 11.1 Å². The van der Waals surface area contributed by atoms with E-state index >= 15 is 0 Å². The Kier molecular flexibility index (Phi) is 6.83. The molecule has 1 unspecified atom stereocenters. The molecular weight excluding hydrogens is 248 g/mol. The maximum Gasteiger partial charge on any atom is 0.407 e. The summed E-state index contributed by atoms with van der Waals surface area (Å²) in [5.41, 5.74) is 4.92. The zero-order valence-electron chi connectivity index (χ0n) is 12.4. The monoisotopic (exact) mass is 274 g/mol. The molecule has 112 valence electrons. The number of carboxylic acid groups (broad SMARTS) is 1. The van der Waals surface area contributed by atoms with E-state index in [1.54, 1.807) is 20.8 Å². The van der Waals surface area contributed by atoms with Crippen molar-refractivity contribution in [3.8, 4) is 0 Å². The van der Waals surface area contributed by atoms with Crippen LogP contribution >= 0.6 is 0 Å². The molecule has 0 spiro atoms. The number of nitrogens with one attached hydrogen (secondary N) is 1. The number of carbonyl (C=O) groups excluding carboxylic acids is 1. The summed E-state index contributed by atoms with van der Waals surface area (Å²) < 4.78 is 5.15. The zero-order valence-corrected chi connectivity index (χ0v) is 12.4. The van der Waals surface area contributed by atoms with Crippen molar-refractivity contribution in [2.24, 2.45) is 11.7 Å². The third-order valence-corrected chi connectivity index (χ3v) is 2.33. The van der Waals surface area contributed by atoms with Gasteiger partial charge in [0.15, 0.2) is 0 Å². The fourth-order valence-electron chi connectivity index (χ4n) is 1.66. The molecule has 4 N–H and O–H groups in total. The highest BCUT2D eigenvalue weighted by molar-refractivity contribution is 5.73. The Morgan fingerprint density at radius 3 is 2.16 bits per heavy atom. The Labute approximate surface area is 114 Å². The molecule has 0 saturated carbocycles. The van der Waals surface area contributed by atoms with Crippen LogP contribution in [0.25, 0.3) is 0 Å². The van der Waals surface area contributed by atoms with E-state index in [2.05, 4.69) is 5.32 Å². The Morgan fingerprint density at radius 2 is 1.79 bits per heavy atom. The molecule has 19 heavy (non-hydrogen) atoms. The standard InChI is InChI=1S/C13H26N2O4/c1-8(2)6-9(7-10(14)11(16)17)15-12(18)19-13(3,4)5/h8-10H,6-7,14H2,1-5H3,(H,15,18)(H,16,17)/t9-,10?/m0/s1. The Hall–Kier alpha value is -1.30. The minimum Gasteiger partial charge on any atom is -0.480 e. The topological polar surface area (TPSA) is 102 Å². The van der Waals surface area contributed by atoms with Crippen LogP contribution in [0.5, 0.6) is 0 Å². The first-order chi connectivity index (χ1) is 8.51. The van der Waals surface area contributed by atoms with Gasteiger partial charge in [-0.25, -0.2) is 4.79 Å². The van der Waals surface area contributed by atoms with Gasteiger partial charge in [-0.05, 0) is 39.5 Å². The lowest BCUT2D eigenvalue weighted by molar-refractivity contribution is -0.138. The highest BCUT2D eigenvalue weighted by atomic mass is 16.6. The largest absolute Gasteiger partial charge is 0.480 e. The molecule has 6 heteroatoms. The van der Waals surface area contributed by atoms with Crippen LogP contribution in [0.2, 0.25) is 0 Å². The molecule has 0 rings (SSSR count). The number of alkyl carbamates (subject to hydrolysis) is 1. The van der Waals surface area contributed by atoms with Gasteiger partial charge < -0.3 is 20.9 Å². The van der Waals surface area contributed by atoms with Crippen molar-refractivity contribution in [3.05, 3.63) is 0 Å². The average Bonchev–Trinajstić information content (AvgIpc) is 2.12. The van der Waals surface area contributed by atoms with E-state index in [1.807, 2.05) is 13.8 Å². The summed E-state index contributed by atoms with van der Waals surface area (Å²) in [6.45, 7) is 9.30. The summed E-state index contributed by atoms with van der Waals surface area (Å²) >= 11 is 0. The third-order valence-electron chi connectivity index (χ3n) is 2.33. The minimum atomic E-state index is -1.07. The molecule has 0 aliphatic heterocycles. The molecule has 0 aromatic heterocycles. The Bertz CT molecular complexity index is 310. The van der Waals surface area contributed by atoms with E-state index in [-0.39, 0.29) is 12.5 Å². The first-order valence-corrected chi connectivity index (χ1v) is 6.49. The molecule has 0 aromatic rings. The van der Waals surface area contributed by atoms with Crippen LogP contribution in [-0.2, 0) is 9.53 Å². The lowest BCUT2D eigenvalue weighted by Crippen LogP contribution is -2.44. The number of carbonyl (C=O) groups is 2. The van der Waals surface area contributed by atoms with Crippen LogP contribution in [0.15, 0.2) is 0 Å². The van der Waals surface area contributed by atoms with Gasteiger partial charge in [0.2, 0.25) is 0 Å². The second-order valence-electron chi connectivity index (χ2n) is 6.15. The van der Waals surface area contributed by atoms with Crippen LogP contribution in [-0.4, -0.2) is 34.9 Å². The number of amides is 1. The number of ether oxygens (including phenoxy) is 1. The number of hydrogen-bond donors (Lipinski definition) is 3. The van der Waals surface area contributed by atoms with E-state index < -0.39 is 23.7 Å². The number of rotatable bonds is 6. The number of hydrogen-bond acceptors (Lipinski definition) is 4. The van der Waals surface area contributed by atoms with Crippen molar-refractivity contribution in [3.63, 3.8) is 0 Å². The highest BCUT2D eigenvalue weighted by Gasteiger charge is 2.23. The van der Waals surface area contributed by atoms with Crippen LogP contribution in [0.1, 0.15) is 47.5 Å². The second-order valence-corrected chi connectivity index (χ2v) is 6.15. The molecule has 0 aliphatic carbocycles. The summed E-state index contributed by atoms with van der Waals surface area (Å²) in [4.78, 5) is 22.4. The molecule has 1 amide bonds. The zero-order chi connectivity index (χ0) is 15.2. The van der Waals surface area contributed by atoms with E-state index in [4.69, 9.17) is 15.6 Å². The van der Waals surface area contributed by atoms with Crippen molar-refractivity contribution in [1.82, 2.24) is 5.32 Å². The van der Waals surface area contributed by atoms with Gasteiger partial charge >= 0.3 is 12.1 Å². The summed E-state index contributed by atoms with van der Waals surface area (Å²) in [7, 11) is 0. The summed E-state index contributed by atoms with van der Waals surface area (Å²) in [6.07, 6.45) is 0.295. The first kappa shape index (κ1) is 17.7. The van der Waals surface area contributed by atoms with Crippen LogP contribution in [0, 0.1) is 5.92 Å². The summed E-state index contributed by atoms with van der Waals surface area (Å²) in [6, 6.07) is -1.29. The van der Waals surface area contributed by atoms with E-state index in [0.717, 1.165) is 0 Å². The number of carboxylic acids is 1. The first-order valence-electron chi connectivity index (χ1n) is 6.49. The fourth-order valence-corrected chi connectivity index (χ4v) is 1.66. The maximum atomic E-state index is 11.7. The van der Waals surface area contributed by atoms with E-state index in [9.17, 15) is 9.59 Å². The van der Waals surface area contributed by atoms with Gasteiger partial charge in [-0.15, -0.1) is 0 Å². The lowest BCUT2D eigenvalue weighted by Gasteiger charge is -2.25. The molecule has 0 fully saturated rings. The van der Waals surface area contributed by atoms with Crippen molar-refractivity contribution in [2.45, 2.75) is 65.1 Å². The van der Waals surface area contributed by atoms with Crippen LogP contribution in [0.4, 0.5) is 4.79 Å². The Balaban J connectivity index is 4.50. The van der Waals surface area contributed by atoms with Crippen molar-refractivity contribution in [2.75, 3.05) is 0 Å². The summed E-state index contributed by atoms with van der Waals surface area (Å²) in [5.74, 6) is -0.749. The van der Waals surface area contributed by atoms with Gasteiger partial charge in [0, 0.05) is 6.04 Å². The predicted octanol–water partition coefficient (Wildman–Crippen LogP) is 1.73. The van der Waals surface area contributed by atoms with Gasteiger partial charge in [-0.3, -0.25) is 4.79 Å². The predicted molar refractivity (Wildman–Crippen MR) is 72.8 cm³/mol. The average molecular weight is 274 g/mol. The quantitative estimate of drug-likeness (QED) is 0.684. The molecule has 0 radical (unpaired) electrons. The van der Waals surface area contributed by atoms with Crippen molar-refractivity contribution >= 4 is 12.1 Å². The molecule has 2 atom stereocenters. The maximum absolute atomic E-state index is 11.7. The number of aliphatic carboxylic acids is 1. The second kappa shape index (κ2) is 7.33. The van der Waals surface area contributed by atoms with E-state index in [0.29, 0.717) is 12.3 Å². The van der Waals surface area contributed by atoms with Gasteiger partial charge in [0.25, 0.3) is 0 Å². The lowest BCUT2D eigenvalue weighted by atomic mass is 9.98. The van der Waals surface area contributed by atoms with Gasteiger partial charge in [-0.2, -0.15) is 0 Å². The molecule has 0 aromatic carbocycles. The molecule has 0 aliphatic rings. The molecule has 0 bridgehead atoms. The molecule has 6 nitrogen and oxygen atoms in total. The molecule has 0 saturated heterocycles. The molecule has 0 heterocycles. The Morgan fingerprint density at radius 1 is 1.26 bits per heavy atom. The smallest absolute Gasteiger partial charge is 0.407 e. The normalized spacial score (nSPS) is 14.9. The highest BCUT2D eigenvalue weighted by Crippen LogP contribution is 2.12. The SMILES string of the molecule is CC(C)C[C@@H](CC(N)C(=O)O)NC(=O)OC(C)(C)C.